The lowest BCUT2D eigenvalue weighted by atomic mass is 10.3. The first kappa shape index (κ1) is 12.8. The molecule has 1 aromatic carbocycles. The summed E-state index contributed by atoms with van der Waals surface area (Å²) in [7, 11) is 0. The molecule has 0 aliphatic carbocycles. The molecule has 0 heterocycles. The predicted molar refractivity (Wildman–Crippen MR) is 45.3 cm³/mol. The second-order valence-electron chi connectivity index (χ2n) is 2.62. The first-order valence-corrected chi connectivity index (χ1v) is 4.05. The van der Waals surface area contributed by atoms with Gasteiger partial charge in [0.1, 0.15) is 0 Å². The molecule has 0 aliphatic heterocycles. The number of hydrogen-bond donors (Lipinski definition) is 0. The van der Waals surface area contributed by atoms with Gasteiger partial charge in [-0.2, -0.15) is 13.2 Å². The van der Waals surface area contributed by atoms with Gasteiger partial charge in [0.15, 0.2) is 17.5 Å². The van der Waals surface area contributed by atoms with Crippen LogP contribution >= 0.6 is 11.6 Å². The van der Waals surface area contributed by atoms with Crippen LogP contribution in [0.5, 0.6) is 0 Å². The maximum atomic E-state index is 12.6. The largest absolute Gasteiger partial charge is 0.444 e. The highest BCUT2D eigenvalue weighted by Gasteiger charge is 2.34. The zero-order chi connectivity index (χ0) is 12.5. The van der Waals surface area contributed by atoms with E-state index in [0.29, 0.717) is 12.1 Å². The summed E-state index contributed by atoms with van der Waals surface area (Å²) in [4.78, 5) is 2.70. The predicted octanol–water partition coefficient (Wildman–Crippen LogP) is 3.93. The van der Waals surface area contributed by atoms with Crippen molar-refractivity contribution in [2.45, 2.75) is 6.18 Å². The Balaban J connectivity index is 3.17. The van der Waals surface area contributed by atoms with Gasteiger partial charge in [0.05, 0.1) is 5.69 Å². The van der Waals surface area contributed by atoms with Gasteiger partial charge in [-0.3, -0.25) is 0 Å². The van der Waals surface area contributed by atoms with E-state index in [-0.39, 0.29) is 0 Å². The van der Waals surface area contributed by atoms with Gasteiger partial charge in [-0.15, -0.1) is 0 Å². The molecule has 0 fully saturated rings. The van der Waals surface area contributed by atoms with Crippen LogP contribution in [0.4, 0.5) is 32.0 Å². The fourth-order valence-corrected chi connectivity index (χ4v) is 0.881. The second kappa shape index (κ2) is 4.32. The fraction of sp³-hybridized carbons (Fsp3) is 0.125. The summed E-state index contributed by atoms with van der Waals surface area (Å²) < 4.78 is 73.3. The van der Waals surface area contributed by atoms with Crippen LogP contribution in [0.3, 0.4) is 0 Å². The number of benzene rings is 1. The third kappa shape index (κ3) is 2.88. The van der Waals surface area contributed by atoms with Crippen molar-refractivity contribution >= 4 is 22.5 Å². The minimum absolute atomic E-state index is 0.298. The lowest BCUT2D eigenvalue weighted by Crippen LogP contribution is -2.16. The normalized spacial score (nSPS) is 13.1. The lowest BCUT2D eigenvalue weighted by Gasteiger charge is -2.03. The average Bonchev–Trinajstić information content (AvgIpc) is 2.12. The molecule has 1 nitrogen and oxygen atoms in total. The van der Waals surface area contributed by atoms with Crippen molar-refractivity contribution in [1.82, 2.24) is 0 Å². The van der Waals surface area contributed by atoms with Crippen molar-refractivity contribution in [2.24, 2.45) is 4.99 Å². The molecule has 1 aromatic rings. The van der Waals surface area contributed by atoms with Crippen LogP contribution in [0.1, 0.15) is 0 Å². The molecule has 0 bridgehead atoms. The second-order valence-corrected chi connectivity index (χ2v) is 2.98. The molecule has 0 radical (unpaired) electrons. The SMILES string of the molecule is Fc1cc(N=C(Cl)C(F)(F)F)cc(F)c1F. The van der Waals surface area contributed by atoms with Crippen LogP contribution < -0.4 is 0 Å². The molecule has 0 saturated carbocycles. The van der Waals surface area contributed by atoms with Gasteiger partial charge in [-0.05, 0) is 0 Å². The van der Waals surface area contributed by atoms with E-state index in [4.69, 9.17) is 11.6 Å². The van der Waals surface area contributed by atoms with E-state index in [1.165, 1.54) is 0 Å². The quantitative estimate of drug-likeness (QED) is 0.412. The average molecular weight is 262 g/mol. The van der Waals surface area contributed by atoms with E-state index in [9.17, 15) is 26.3 Å². The standard InChI is InChI=1S/C8H2ClF6N/c9-7(8(13,14)15)16-3-1-4(10)6(12)5(11)2-3/h1-2H. The number of rotatable bonds is 1. The van der Waals surface area contributed by atoms with Crippen LogP contribution in [0.25, 0.3) is 0 Å². The molecule has 0 unspecified atom stereocenters. The molecule has 0 N–H and O–H groups in total. The minimum Gasteiger partial charge on any atom is -0.232 e. The van der Waals surface area contributed by atoms with Gasteiger partial charge >= 0.3 is 6.18 Å². The molecule has 0 amide bonds. The summed E-state index contributed by atoms with van der Waals surface area (Å²) in [5.74, 6) is -5.09. The highest BCUT2D eigenvalue weighted by molar-refractivity contribution is 6.67. The van der Waals surface area contributed by atoms with Gasteiger partial charge in [-0.1, -0.05) is 11.6 Å². The molecule has 88 valence electrons. The molecule has 16 heavy (non-hydrogen) atoms. The molecule has 0 aromatic heterocycles. The van der Waals surface area contributed by atoms with Gasteiger partial charge < -0.3 is 0 Å². The zero-order valence-corrected chi connectivity index (χ0v) is 8.00. The summed E-state index contributed by atoms with van der Waals surface area (Å²) in [5, 5.41) is -1.81. The van der Waals surface area contributed by atoms with Crippen LogP contribution in [-0.4, -0.2) is 11.3 Å². The van der Waals surface area contributed by atoms with E-state index >= 15 is 0 Å². The fourth-order valence-electron chi connectivity index (χ4n) is 0.783. The number of nitrogens with zero attached hydrogens (tertiary/aromatic N) is 1. The molecular formula is C8H2ClF6N. The van der Waals surface area contributed by atoms with E-state index in [1.807, 2.05) is 0 Å². The third-order valence-electron chi connectivity index (χ3n) is 1.43. The zero-order valence-electron chi connectivity index (χ0n) is 7.25. The lowest BCUT2D eigenvalue weighted by molar-refractivity contribution is -0.0558. The maximum Gasteiger partial charge on any atom is 0.444 e. The summed E-state index contributed by atoms with van der Waals surface area (Å²) >= 11 is 4.72. The topological polar surface area (TPSA) is 12.4 Å². The van der Waals surface area contributed by atoms with Gasteiger partial charge in [0.2, 0.25) is 5.17 Å². The van der Waals surface area contributed by atoms with Crippen LogP contribution in [0.2, 0.25) is 0 Å². The highest BCUT2D eigenvalue weighted by atomic mass is 35.5. The van der Waals surface area contributed by atoms with E-state index in [1.54, 1.807) is 0 Å². The Labute approximate surface area is 90.4 Å². The Morgan fingerprint density at radius 2 is 1.50 bits per heavy atom. The van der Waals surface area contributed by atoms with Crippen molar-refractivity contribution in [1.29, 1.82) is 0 Å². The maximum absolute atomic E-state index is 12.6. The van der Waals surface area contributed by atoms with Crippen LogP contribution in [0, 0.1) is 17.5 Å². The van der Waals surface area contributed by atoms with E-state index in [0.717, 1.165) is 0 Å². The Morgan fingerprint density at radius 3 is 1.88 bits per heavy atom. The van der Waals surface area contributed by atoms with Gasteiger partial charge in [0, 0.05) is 12.1 Å². The Bertz CT molecular complexity index is 416. The first-order valence-electron chi connectivity index (χ1n) is 3.67. The van der Waals surface area contributed by atoms with Gasteiger partial charge in [-0.25, -0.2) is 18.2 Å². The molecule has 0 spiro atoms. The third-order valence-corrected chi connectivity index (χ3v) is 1.73. The highest BCUT2D eigenvalue weighted by Crippen LogP contribution is 2.25. The number of halogens is 7. The van der Waals surface area contributed by atoms with Crippen molar-refractivity contribution in [2.75, 3.05) is 0 Å². The van der Waals surface area contributed by atoms with Gasteiger partial charge in [0.25, 0.3) is 0 Å². The molecule has 0 saturated heterocycles. The molecule has 0 aliphatic rings. The monoisotopic (exact) mass is 261 g/mol. The molecule has 0 atom stereocenters. The first-order chi connectivity index (χ1) is 7.21. The molecule has 8 heteroatoms. The number of hydrogen-bond acceptors (Lipinski definition) is 1. The number of aliphatic imine (C=N–C) groups is 1. The number of alkyl halides is 3. The van der Waals surface area contributed by atoms with Crippen LogP contribution in [-0.2, 0) is 0 Å². The van der Waals surface area contributed by atoms with Crippen LogP contribution in [0.15, 0.2) is 17.1 Å². The van der Waals surface area contributed by atoms with Crippen molar-refractivity contribution in [3.05, 3.63) is 29.6 Å². The summed E-state index contributed by atoms with van der Waals surface area (Å²) in [6.45, 7) is 0. The Kier molecular flexibility index (Phi) is 3.47. The summed E-state index contributed by atoms with van der Waals surface area (Å²) in [5.41, 5.74) is -0.765. The van der Waals surface area contributed by atoms with Crippen molar-refractivity contribution < 1.29 is 26.3 Å². The van der Waals surface area contributed by atoms with Crippen molar-refractivity contribution in [3.63, 3.8) is 0 Å². The summed E-state index contributed by atoms with van der Waals surface area (Å²) in [6.07, 6.45) is -4.93. The smallest absolute Gasteiger partial charge is 0.232 e. The van der Waals surface area contributed by atoms with E-state index in [2.05, 4.69) is 4.99 Å². The molecule has 1 rings (SSSR count). The Hall–Kier alpha value is -1.24. The van der Waals surface area contributed by atoms with E-state index < -0.39 is 34.5 Å². The Morgan fingerprint density at radius 1 is 1.06 bits per heavy atom. The molecular weight excluding hydrogens is 260 g/mol. The summed E-state index contributed by atoms with van der Waals surface area (Å²) in [6, 6.07) is 0.596. The minimum atomic E-state index is -4.93. The van der Waals surface area contributed by atoms with Crippen molar-refractivity contribution in [3.8, 4) is 0 Å².